The highest BCUT2D eigenvalue weighted by molar-refractivity contribution is 7.98. The van der Waals surface area contributed by atoms with Gasteiger partial charge in [0.1, 0.15) is 6.04 Å². The number of benzene rings is 1. The molecule has 1 N–H and O–H groups in total. The molecule has 1 aliphatic heterocycles. The molecule has 0 saturated carbocycles. The quantitative estimate of drug-likeness (QED) is 0.544. The van der Waals surface area contributed by atoms with E-state index in [0.29, 0.717) is 23.3 Å². The molecule has 0 amide bonds. The molecule has 5 rings (SSSR count). The van der Waals surface area contributed by atoms with E-state index in [1.807, 2.05) is 41.1 Å². The molecular weight excluding hydrogens is 430 g/mol. The molecule has 3 aromatic rings. The molecule has 1 unspecified atom stereocenters. The molecule has 2 aromatic heterocycles. The molecule has 158 valence electrons. The maximum Gasteiger partial charge on any atom is 0.227 e. The van der Waals surface area contributed by atoms with Crippen LogP contribution in [0.3, 0.4) is 0 Å². The van der Waals surface area contributed by atoms with Crippen molar-refractivity contribution in [1.29, 1.82) is 0 Å². The summed E-state index contributed by atoms with van der Waals surface area (Å²) in [5.74, 6) is 1.47. The fourth-order valence-corrected chi connectivity index (χ4v) is 5.37. The summed E-state index contributed by atoms with van der Waals surface area (Å²) in [6.07, 6.45) is 4.84. The third-order valence-electron chi connectivity index (χ3n) is 5.63. The van der Waals surface area contributed by atoms with Crippen LogP contribution in [0.4, 0.5) is 5.95 Å². The summed E-state index contributed by atoms with van der Waals surface area (Å²) in [5, 5.41) is 9.54. The normalized spacial score (nSPS) is 19.6. The third-order valence-corrected chi connectivity index (χ3v) is 6.88. The lowest BCUT2D eigenvalue weighted by Gasteiger charge is -2.38. The van der Waals surface area contributed by atoms with Crippen LogP contribution < -0.4 is 5.32 Å². The summed E-state index contributed by atoms with van der Waals surface area (Å²) in [7, 11) is 0. The number of thioether (sulfide) groups is 1. The second kappa shape index (κ2) is 7.80. The Balaban J connectivity index is 1.52. The molecule has 1 atom stereocenters. The van der Waals surface area contributed by atoms with Gasteiger partial charge in [-0.05, 0) is 35.1 Å². The number of nitrogens with zero attached hydrogens (tertiary/aromatic N) is 4. The first-order valence-electron chi connectivity index (χ1n) is 10.2. The van der Waals surface area contributed by atoms with Crippen LogP contribution in [0, 0.1) is 5.41 Å². The molecule has 0 fully saturated rings. The number of hydrogen-bond donors (Lipinski definition) is 1. The molecule has 6 nitrogen and oxygen atoms in total. The van der Waals surface area contributed by atoms with Crippen molar-refractivity contribution in [2.75, 3.05) is 5.32 Å². The summed E-state index contributed by atoms with van der Waals surface area (Å²) in [5.41, 5.74) is 3.59. The highest BCUT2D eigenvalue weighted by Crippen LogP contribution is 2.45. The highest BCUT2D eigenvalue weighted by atomic mass is 35.5. The standard InChI is InChI=1S/C23H22ClN5OS/c1-23(2)10-17-19(18(30)11-23)20(14-7-5-9-25-12-14)29-21(26-17)27-22(28-29)31-13-15-6-3-4-8-16(15)24/h3-9,12,20H,10-11,13H2,1-2H3,(H,26,27,28). The Morgan fingerprint density at radius 2 is 2.06 bits per heavy atom. The van der Waals surface area contributed by atoms with Gasteiger partial charge < -0.3 is 5.32 Å². The van der Waals surface area contributed by atoms with Crippen molar-refractivity contribution in [1.82, 2.24) is 19.7 Å². The van der Waals surface area contributed by atoms with Crippen molar-refractivity contribution in [3.8, 4) is 0 Å². The number of Topliss-reactive ketones (excluding diaryl/α,β-unsaturated/α-hetero) is 1. The number of halogens is 1. The number of pyridine rings is 1. The molecule has 8 heteroatoms. The molecular formula is C23H22ClN5OS. The van der Waals surface area contributed by atoms with Crippen molar-refractivity contribution in [3.05, 3.63) is 76.2 Å². The summed E-state index contributed by atoms with van der Waals surface area (Å²) in [6.45, 7) is 4.25. The molecule has 1 aliphatic carbocycles. The monoisotopic (exact) mass is 451 g/mol. The zero-order valence-corrected chi connectivity index (χ0v) is 18.9. The van der Waals surface area contributed by atoms with Gasteiger partial charge in [-0.15, -0.1) is 5.10 Å². The fourth-order valence-electron chi connectivity index (χ4n) is 4.25. The molecule has 2 aliphatic rings. The van der Waals surface area contributed by atoms with Crippen molar-refractivity contribution in [2.45, 2.75) is 43.6 Å². The largest absolute Gasteiger partial charge is 0.328 e. The van der Waals surface area contributed by atoms with Crippen LogP contribution in [-0.4, -0.2) is 25.5 Å². The van der Waals surface area contributed by atoms with Gasteiger partial charge in [0.15, 0.2) is 5.78 Å². The zero-order valence-electron chi connectivity index (χ0n) is 17.3. The second-order valence-electron chi connectivity index (χ2n) is 8.69. The Morgan fingerprint density at radius 1 is 1.23 bits per heavy atom. The van der Waals surface area contributed by atoms with Crippen LogP contribution in [0.2, 0.25) is 5.02 Å². The SMILES string of the molecule is CC1(C)CC(=O)C2=C(C1)Nc1nc(SCc3ccccc3Cl)nn1C2c1cccnc1. The molecule has 0 bridgehead atoms. The van der Waals surface area contributed by atoms with Gasteiger partial charge in [-0.3, -0.25) is 9.78 Å². The van der Waals surface area contributed by atoms with Crippen LogP contribution in [0.1, 0.15) is 43.9 Å². The number of allylic oxidation sites excluding steroid dienone is 2. The van der Waals surface area contributed by atoms with Crippen LogP contribution in [-0.2, 0) is 10.5 Å². The number of aromatic nitrogens is 4. The van der Waals surface area contributed by atoms with Crippen molar-refractivity contribution >= 4 is 35.1 Å². The lowest BCUT2D eigenvalue weighted by Crippen LogP contribution is -2.36. The zero-order chi connectivity index (χ0) is 21.6. The Hall–Kier alpha value is -2.64. The van der Waals surface area contributed by atoms with E-state index in [0.717, 1.165) is 33.8 Å². The molecule has 0 saturated heterocycles. The van der Waals surface area contributed by atoms with Crippen LogP contribution >= 0.6 is 23.4 Å². The molecule has 1 aromatic carbocycles. The predicted molar refractivity (Wildman–Crippen MR) is 122 cm³/mol. The topological polar surface area (TPSA) is 72.7 Å². The Kier molecular flexibility index (Phi) is 5.10. The van der Waals surface area contributed by atoms with Crippen LogP contribution in [0.25, 0.3) is 0 Å². The van der Waals surface area contributed by atoms with E-state index in [-0.39, 0.29) is 17.2 Å². The smallest absolute Gasteiger partial charge is 0.227 e. The minimum Gasteiger partial charge on any atom is -0.328 e. The average Bonchev–Trinajstić information content (AvgIpc) is 3.14. The summed E-state index contributed by atoms with van der Waals surface area (Å²) < 4.78 is 1.82. The van der Waals surface area contributed by atoms with E-state index >= 15 is 0 Å². The third kappa shape index (κ3) is 3.88. The van der Waals surface area contributed by atoms with Gasteiger partial charge in [-0.25, -0.2) is 4.68 Å². The Morgan fingerprint density at radius 3 is 2.84 bits per heavy atom. The van der Waals surface area contributed by atoms with Crippen LogP contribution in [0.5, 0.6) is 0 Å². The second-order valence-corrected chi connectivity index (χ2v) is 10.0. The van der Waals surface area contributed by atoms with Crippen molar-refractivity contribution in [3.63, 3.8) is 0 Å². The van der Waals surface area contributed by atoms with Crippen LogP contribution in [0.15, 0.2) is 65.2 Å². The molecule has 3 heterocycles. The number of hydrogen-bond acceptors (Lipinski definition) is 6. The molecule has 31 heavy (non-hydrogen) atoms. The first kappa shape index (κ1) is 20.3. The van der Waals surface area contributed by atoms with Gasteiger partial charge in [-0.2, -0.15) is 4.98 Å². The predicted octanol–water partition coefficient (Wildman–Crippen LogP) is 5.28. The number of fused-ring (bicyclic) bond motifs is 1. The minimum absolute atomic E-state index is 0.0910. The van der Waals surface area contributed by atoms with Gasteiger partial charge in [0.2, 0.25) is 11.1 Å². The Bertz CT molecular complexity index is 1190. The molecule has 0 spiro atoms. The van der Waals surface area contributed by atoms with Gasteiger partial charge in [0.05, 0.1) is 0 Å². The van der Waals surface area contributed by atoms with Gasteiger partial charge in [0, 0.05) is 40.9 Å². The summed E-state index contributed by atoms with van der Waals surface area (Å²) in [6, 6.07) is 11.3. The number of ketones is 1. The number of anilines is 1. The van der Waals surface area contributed by atoms with E-state index in [1.165, 1.54) is 11.8 Å². The van der Waals surface area contributed by atoms with Gasteiger partial charge in [0.25, 0.3) is 0 Å². The lowest BCUT2D eigenvalue weighted by atomic mass is 9.73. The van der Waals surface area contributed by atoms with E-state index in [4.69, 9.17) is 21.7 Å². The van der Waals surface area contributed by atoms with E-state index < -0.39 is 0 Å². The first-order chi connectivity index (χ1) is 14.9. The van der Waals surface area contributed by atoms with E-state index in [2.05, 4.69) is 24.1 Å². The minimum atomic E-state index is -0.328. The number of carbonyl (C=O) groups excluding carboxylic acids is 1. The fraction of sp³-hybridized carbons (Fsp3) is 0.304. The molecule has 0 radical (unpaired) electrons. The maximum absolute atomic E-state index is 13.2. The van der Waals surface area contributed by atoms with E-state index in [9.17, 15) is 4.79 Å². The van der Waals surface area contributed by atoms with Crippen molar-refractivity contribution in [2.24, 2.45) is 5.41 Å². The average molecular weight is 452 g/mol. The number of rotatable bonds is 4. The highest BCUT2D eigenvalue weighted by Gasteiger charge is 2.41. The summed E-state index contributed by atoms with van der Waals surface area (Å²) >= 11 is 7.82. The maximum atomic E-state index is 13.2. The van der Waals surface area contributed by atoms with Crippen molar-refractivity contribution < 1.29 is 4.79 Å². The van der Waals surface area contributed by atoms with Gasteiger partial charge >= 0.3 is 0 Å². The Labute approximate surface area is 190 Å². The first-order valence-corrected chi connectivity index (χ1v) is 11.5. The summed E-state index contributed by atoms with van der Waals surface area (Å²) in [4.78, 5) is 22.2. The number of nitrogens with one attached hydrogen (secondary N) is 1. The van der Waals surface area contributed by atoms with E-state index in [1.54, 1.807) is 12.4 Å². The number of carbonyl (C=O) groups is 1. The lowest BCUT2D eigenvalue weighted by molar-refractivity contribution is -0.118. The van der Waals surface area contributed by atoms with Gasteiger partial charge in [-0.1, -0.05) is 61.5 Å².